The second-order valence-electron chi connectivity index (χ2n) is 17.7. The van der Waals surface area contributed by atoms with E-state index in [-0.39, 0.29) is 36.9 Å². The van der Waals surface area contributed by atoms with Crippen LogP contribution in [0.15, 0.2) is 36.5 Å². The van der Waals surface area contributed by atoms with Gasteiger partial charge in [0.05, 0.1) is 18.8 Å². The first kappa shape index (κ1) is 56.3. The quantitative estimate of drug-likeness (QED) is 0.0114. The van der Waals surface area contributed by atoms with Crippen molar-refractivity contribution in [3.05, 3.63) is 36.5 Å². The Hall–Kier alpha value is -2.05. The van der Waals surface area contributed by atoms with Crippen molar-refractivity contribution in [3.63, 3.8) is 0 Å². The molecule has 0 radical (unpaired) electrons. The summed E-state index contributed by atoms with van der Waals surface area (Å²) >= 11 is 0. The van der Waals surface area contributed by atoms with Crippen LogP contribution in [-0.4, -0.2) is 122 Å². The number of rotatable bonds is 35. The molecule has 0 aromatic heterocycles. The van der Waals surface area contributed by atoms with Crippen molar-refractivity contribution in [2.75, 3.05) is 13.2 Å². The van der Waals surface area contributed by atoms with Gasteiger partial charge in [-0.15, -0.1) is 0 Å². The highest BCUT2D eigenvalue weighted by Gasteiger charge is 2.52. The number of carbonyl (C=O) groups is 2. The number of aliphatic hydroxyl groups is 6. The number of unbranched alkanes of at least 4 members (excludes halogenated alkanes) is 14. The summed E-state index contributed by atoms with van der Waals surface area (Å²) in [5, 5.41) is 60.7. The Kier molecular flexibility index (Phi) is 28.0. The smallest absolute Gasteiger partial charge is 0.462 e. The number of aliphatic hydroxyl groups excluding tert-OH is 6. The highest BCUT2D eigenvalue weighted by atomic mass is 31.2. The Morgan fingerprint density at radius 1 is 0.672 bits per heavy atom. The van der Waals surface area contributed by atoms with E-state index in [0.717, 1.165) is 77.0 Å². The molecule has 3 aliphatic rings. The molecular formula is C47H81O16P. The number of allylic oxidation sites excluding steroid dienone is 4. The third-order valence-electron chi connectivity index (χ3n) is 12.3. The van der Waals surface area contributed by atoms with Gasteiger partial charge in [-0.3, -0.25) is 18.6 Å². The van der Waals surface area contributed by atoms with E-state index in [1.807, 2.05) is 18.2 Å². The lowest BCUT2D eigenvalue weighted by Gasteiger charge is -2.41. The van der Waals surface area contributed by atoms with E-state index in [1.54, 1.807) is 0 Å². The molecule has 3 rings (SSSR count). The molecule has 1 aliphatic heterocycles. The van der Waals surface area contributed by atoms with Gasteiger partial charge in [-0.25, -0.2) is 14.3 Å². The fourth-order valence-corrected chi connectivity index (χ4v) is 9.32. The fraction of sp³-hybridized carbons (Fsp3) is 0.830. The van der Waals surface area contributed by atoms with Gasteiger partial charge in [0, 0.05) is 31.1 Å². The van der Waals surface area contributed by atoms with Crippen LogP contribution >= 0.6 is 7.82 Å². The van der Waals surface area contributed by atoms with Crippen LogP contribution in [0.2, 0.25) is 0 Å². The van der Waals surface area contributed by atoms with Gasteiger partial charge in [-0.05, 0) is 57.8 Å². The molecule has 11 atom stereocenters. The molecule has 16 nitrogen and oxygen atoms in total. The van der Waals surface area contributed by atoms with E-state index in [4.69, 9.17) is 28.3 Å². The molecule has 0 aromatic carbocycles. The molecule has 0 amide bonds. The van der Waals surface area contributed by atoms with Gasteiger partial charge in [0.15, 0.2) is 6.10 Å². The third-order valence-corrected chi connectivity index (χ3v) is 13.3. The molecular weight excluding hydrogens is 851 g/mol. The monoisotopic (exact) mass is 933 g/mol. The molecule has 2 saturated carbocycles. The maximum absolute atomic E-state index is 12.9. The predicted octanol–water partition coefficient (Wildman–Crippen LogP) is 6.75. The van der Waals surface area contributed by atoms with Crippen molar-refractivity contribution < 1.29 is 78.0 Å². The number of hydrogen-bond acceptors (Lipinski definition) is 15. The van der Waals surface area contributed by atoms with Gasteiger partial charge in [0.1, 0.15) is 49.3 Å². The molecule has 0 spiro atoms. The maximum atomic E-state index is 12.9. The van der Waals surface area contributed by atoms with Gasteiger partial charge >= 0.3 is 19.8 Å². The Morgan fingerprint density at radius 3 is 1.89 bits per heavy atom. The normalized spacial score (nSPS) is 28.9. The summed E-state index contributed by atoms with van der Waals surface area (Å²) < 4.78 is 33.6. The van der Waals surface area contributed by atoms with E-state index in [1.165, 1.54) is 38.5 Å². The van der Waals surface area contributed by atoms with Crippen molar-refractivity contribution in [2.45, 2.75) is 223 Å². The summed E-state index contributed by atoms with van der Waals surface area (Å²) in [6, 6.07) is 0. The van der Waals surface area contributed by atoms with Gasteiger partial charge in [0.2, 0.25) is 0 Å². The first-order chi connectivity index (χ1) is 30.8. The van der Waals surface area contributed by atoms with Crippen molar-refractivity contribution in [3.8, 4) is 0 Å². The summed E-state index contributed by atoms with van der Waals surface area (Å²) in [4.78, 5) is 47.0. The number of phosphoric ester groups is 1. The summed E-state index contributed by atoms with van der Waals surface area (Å²) in [5.41, 5.74) is 0. The third kappa shape index (κ3) is 21.3. The van der Waals surface area contributed by atoms with Crippen LogP contribution in [0.4, 0.5) is 0 Å². The van der Waals surface area contributed by atoms with Gasteiger partial charge in [-0.1, -0.05) is 121 Å². The van der Waals surface area contributed by atoms with Crippen LogP contribution in [0.1, 0.15) is 162 Å². The van der Waals surface area contributed by atoms with Crippen molar-refractivity contribution in [2.24, 2.45) is 11.8 Å². The summed E-state index contributed by atoms with van der Waals surface area (Å²) in [6.45, 7) is 3.08. The average molecular weight is 933 g/mol. The first-order valence-electron chi connectivity index (χ1n) is 24.2. The Balaban J connectivity index is 1.43. The molecule has 2 bridgehead atoms. The number of fused-ring (bicyclic) bond motifs is 2. The Morgan fingerprint density at radius 2 is 1.22 bits per heavy atom. The van der Waals surface area contributed by atoms with E-state index in [9.17, 15) is 49.7 Å². The number of carbonyl (C=O) groups excluding carboxylic acids is 2. The van der Waals surface area contributed by atoms with Crippen LogP contribution in [0.3, 0.4) is 0 Å². The fourth-order valence-electron chi connectivity index (χ4n) is 8.35. The minimum atomic E-state index is -5.17. The van der Waals surface area contributed by atoms with Gasteiger partial charge in [-0.2, -0.15) is 0 Å². The second-order valence-corrected chi connectivity index (χ2v) is 19.1. The number of ether oxygens (including phenoxy) is 2. The standard InChI is InChI=1S/C47H81O16P/c1-3-5-7-8-9-10-11-12-13-14-15-16-17-18-23-27-40(49)58-32-35(33-59-64(56,57)63-47-45(54)43(52)42(51)44(53)46(47)55)60-41(50)28-24-20-19-22-26-36-37(39-31-38(36)61-62-39)30-29-34(48)25-21-6-4-2/h12-13,19,22,29-30,34-39,42-48,51-55H,3-11,14-18,20-21,23-28,31-33H2,1-2H3,(H,56,57)/b13-12-,22-19-,30-29+. The topological polar surface area (TPSA) is 248 Å². The van der Waals surface area contributed by atoms with Crippen LogP contribution in [0.25, 0.3) is 0 Å². The largest absolute Gasteiger partial charge is 0.472 e. The summed E-state index contributed by atoms with van der Waals surface area (Å²) in [6.07, 6.45) is 19.4. The molecule has 7 N–H and O–H groups in total. The van der Waals surface area contributed by atoms with Crippen molar-refractivity contribution in [1.29, 1.82) is 0 Å². The van der Waals surface area contributed by atoms with E-state index in [0.29, 0.717) is 19.3 Å². The number of phosphoric acid groups is 1. The predicted molar refractivity (Wildman–Crippen MR) is 239 cm³/mol. The van der Waals surface area contributed by atoms with Crippen LogP contribution in [0.5, 0.6) is 0 Å². The number of hydrogen-bond donors (Lipinski definition) is 7. The Bertz CT molecular complexity index is 1410. The summed E-state index contributed by atoms with van der Waals surface area (Å²) in [7, 11) is -5.17. The molecule has 11 unspecified atom stereocenters. The number of esters is 2. The van der Waals surface area contributed by atoms with Crippen LogP contribution in [0, 0.1) is 11.8 Å². The maximum Gasteiger partial charge on any atom is 0.472 e. The molecule has 17 heteroatoms. The highest BCUT2D eigenvalue weighted by molar-refractivity contribution is 7.47. The lowest BCUT2D eigenvalue weighted by Crippen LogP contribution is -2.64. The molecule has 1 heterocycles. The molecule has 370 valence electrons. The Labute approximate surface area is 380 Å². The lowest BCUT2D eigenvalue weighted by atomic mass is 9.85. The molecule has 3 fully saturated rings. The zero-order valence-electron chi connectivity index (χ0n) is 38.3. The lowest BCUT2D eigenvalue weighted by molar-refractivity contribution is -0.336. The van der Waals surface area contributed by atoms with Crippen molar-refractivity contribution in [1.82, 2.24) is 0 Å². The average Bonchev–Trinajstić information content (AvgIpc) is 3.89. The minimum absolute atomic E-state index is 0.0259. The SMILES string of the molecule is CCCCCCCC/C=C\CCCCCCCC(=O)OCC(COP(=O)(O)OC1C(O)C(O)C(O)C(O)C1O)OC(=O)CCC/C=C\CC1C2CC(OO2)C1/C=C/C(O)CCCCC. The highest BCUT2D eigenvalue weighted by Crippen LogP contribution is 2.47. The minimum Gasteiger partial charge on any atom is -0.462 e. The van der Waals surface area contributed by atoms with Crippen molar-refractivity contribution >= 4 is 19.8 Å². The van der Waals surface area contributed by atoms with E-state index >= 15 is 0 Å². The molecule has 1 saturated heterocycles. The first-order valence-corrected chi connectivity index (χ1v) is 25.7. The second kappa shape index (κ2) is 31.8. The van der Waals surface area contributed by atoms with E-state index < -0.39 is 81.8 Å². The molecule has 0 aromatic rings. The summed E-state index contributed by atoms with van der Waals surface area (Å²) in [5.74, 6) is -0.908. The van der Waals surface area contributed by atoms with Crippen LogP contribution in [-0.2, 0) is 42.5 Å². The zero-order chi connectivity index (χ0) is 46.7. The molecule has 64 heavy (non-hydrogen) atoms. The zero-order valence-corrected chi connectivity index (χ0v) is 39.2. The van der Waals surface area contributed by atoms with Gasteiger partial charge in [0.25, 0.3) is 0 Å². The molecule has 2 aliphatic carbocycles. The van der Waals surface area contributed by atoms with Crippen LogP contribution < -0.4 is 0 Å². The van der Waals surface area contributed by atoms with E-state index in [2.05, 4.69) is 32.1 Å². The van der Waals surface area contributed by atoms with Gasteiger partial charge < -0.3 is 45.0 Å².